The number of anilines is 1. The first kappa shape index (κ1) is 25.5. The van der Waals surface area contributed by atoms with Crippen molar-refractivity contribution >= 4 is 50.3 Å². The molecule has 0 bridgehead atoms. The van der Waals surface area contributed by atoms with Gasteiger partial charge in [-0.1, -0.05) is 28.1 Å². The lowest BCUT2D eigenvalue weighted by Gasteiger charge is -2.14. The van der Waals surface area contributed by atoms with Crippen LogP contribution in [0.2, 0.25) is 0 Å². The second-order valence-electron chi connectivity index (χ2n) is 8.15. The third-order valence-electron chi connectivity index (χ3n) is 5.92. The van der Waals surface area contributed by atoms with E-state index in [0.29, 0.717) is 17.9 Å². The summed E-state index contributed by atoms with van der Waals surface area (Å²) >= 11 is 3.46. The molecule has 9 heteroatoms. The summed E-state index contributed by atoms with van der Waals surface area (Å²) in [5, 5.41) is 4.40. The number of nitrogens with zero attached hydrogens (tertiary/aromatic N) is 3. The number of nitrogens with one attached hydrogen (secondary N) is 1. The van der Waals surface area contributed by atoms with Crippen LogP contribution in [0.25, 0.3) is 22.6 Å². The van der Waals surface area contributed by atoms with Gasteiger partial charge >= 0.3 is 5.97 Å². The number of halogens is 1. The maximum atomic E-state index is 12.6. The van der Waals surface area contributed by atoms with E-state index in [2.05, 4.69) is 32.3 Å². The van der Waals surface area contributed by atoms with Gasteiger partial charge in [-0.2, -0.15) is 0 Å². The fourth-order valence-corrected chi connectivity index (χ4v) is 4.41. The van der Waals surface area contributed by atoms with E-state index in [1.54, 1.807) is 26.7 Å². The number of fused-ring (bicyclic) bond motifs is 3. The number of carbonyl (C=O) groups excluding carboxylic acids is 1. The molecule has 0 fully saturated rings. The summed E-state index contributed by atoms with van der Waals surface area (Å²) in [5.41, 5.74) is 4.52. The highest BCUT2D eigenvalue weighted by molar-refractivity contribution is 9.09. The van der Waals surface area contributed by atoms with Crippen LogP contribution in [0, 0.1) is 0 Å². The maximum absolute atomic E-state index is 12.6. The Hall–Kier alpha value is -3.59. The van der Waals surface area contributed by atoms with Gasteiger partial charge in [0.2, 0.25) is 0 Å². The van der Waals surface area contributed by atoms with Crippen molar-refractivity contribution in [2.24, 2.45) is 0 Å². The zero-order valence-corrected chi connectivity index (χ0v) is 22.2. The minimum absolute atomic E-state index is 0.390. The predicted octanol–water partition coefficient (Wildman–Crippen LogP) is 5.88. The summed E-state index contributed by atoms with van der Waals surface area (Å²) in [5.74, 6) is 1.74. The summed E-state index contributed by atoms with van der Waals surface area (Å²) < 4.78 is 17.8. The van der Waals surface area contributed by atoms with Gasteiger partial charge in [-0.3, -0.25) is 4.40 Å². The number of unbranched alkanes of at least 4 members (excludes halogenated alkanes) is 2. The van der Waals surface area contributed by atoms with E-state index in [1.165, 1.54) is 7.11 Å². The standard InChI is InChI=1S/C27H29BrN4O4/c1-34-20-10-9-19(25(13-20)35-2)15-30-26-24-16-29-17-32(24)23-14-21(27(33)36-3)18(12-22(23)31-26)8-6-4-5-7-11-28/h6,8-10,12-14,16-17H,4-5,7,11,15H2,1-3H3,(H,30,31)/b8-6-. The number of carbonyl (C=O) groups is 1. The molecule has 0 radical (unpaired) electrons. The van der Waals surface area contributed by atoms with Gasteiger partial charge in [0.1, 0.15) is 17.0 Å². The van der Waals surface area contributed by atoms with E-state index in [9.17, 15) is 4.79 Å². The van der Waals surface area contributed by atoms with Crippen LogP contribution in [0.5, 0.6) is 11.5 Å². The minimum Gasteiger partial charge on any atom is -0.497 e. The number of hydrogen-bond acceptors (Lipinski definition) is 7. The molecule has 2 aromatic carbocycles. The van der Waals surface area contributed by atoms with Gasteiger partial charge in [0.15, 0.2) is 5.82 Å². The third-order valence-corrected chi connectivity index (χ3v) is 6.48. The van der Waals surface area contributed by atoms with E-state index >= 15 is 0 Å². The molecule has 0 aliphatic heterocycles. The summed E-state index contributed by atoms with van der Waals surface area (Å²) in [7, 11) is 4.65. The number of benzene rings is 2. The van der Waals surface area contributed by atoms with Gasteiger partial charge in [-0.05, 0) is 49.1 Å². The van der Waals surface area contributed by atoms with Crippen molar-refractivity contribution in [3.63, 3.8) is 0 Å². The van der Waals surface area contributed by atoms with Gasteiger partial charge in [0.25, 0.3) is 0 Å². The quantitative estimate of drug-likeness (QED) is 0.141. The van der Waals surface area contributed by atoms with Crippen LogP contribution in [0.3, 0.4) is 0 Å². The highest BCUT2D eigenvalue weighted by atomic mass is 79.9. The molecule has 1 N–H and O–H groups in total. The summed E-state index contributed by atoms with van der Waals surface area (Å²) in [4.78, 5) is 21.8. The number of methoxy groups -OCH3 is 3. The van der Waals surface area contributed by atoms with Crippen LogP contribution in [-0.4, -0.2) is 47.0 Å². The molecule has 0 saturated carbocycles. The Bertz CT molecular complexity index is 1400. The Balaban J connectivity index is 1.73. The molecule has 0 aliphatic carbocycles. The summed E-state index contributed by atoms with van der Waals surface area (Å²) in [6.45, 7) is 0.493. The normalized spacial score (nSPS) is 11.3. The average Bonchev–Trinajstić information content (AvgIpc) is 3.41. The van der Waals surface area contributed by atoms with Crippen LogP contribution < -0.4 is 14.8 Å². The summed E-state index contributed by atoms with van der Waals surface area (Å²) in [6.07, 6.45) is 10.6. The van der Waals surface area contributed by atoms with Crippen LogP contribution >= 0.6 is 15.9 Å². The first-order valence-electron chi connectivity index (χ1n) is 11.6. The molecule has 4 aromatic rings. The lowest BCUT2D eigenvalue weighted by atomic mass is 10.0. The average molecular weight is 553 g/mol. The lowest BCUT2D eigenvalue weighted by molar-refractivity contribution is 0.0600. The second kappa shape index (κ2) is 11.9. The predicted molar refractivity (Wildman–Crippen MR) is 145 cm³/mol. The Morgan fingerprint density at radius 1 is 1.11 bits per heavy atom. The SMILES string of the molecule is COC(=O)c1cc2c(cc1/C=C\CCCCBr)nc(NCc1ccc(OC)cc1OC)c1cncn12. The molecule has 0 aliphatic rings. The molecule has 0 saturated heterocycles. The van der Waals surface area contributed by atoms with Crippen molar-refractivity contribution in [2.45, 2.75) is 25.8 Å². The van der Waals surface area contributed by atoms with Gasteiger partial charge in [-0.15, -0.1) is 0 Å². The van der Waals surface area contributed by atoms with E-state index in [-0.39, 0.29) is 5.97 Å². The molecule has 2 heterocycles. The zero-order chi connectivity index (χ0) is 25.5. The molecule has 0 amide bonds. The lowest BCUT2D eigenvalue weighted by Crippen LogP contribution is -2.08. The number of rotatable bonds is 11. The number of aromatic nitrogens is 3. The second-order valence-corrected chi connectivity index (χ2v) is 8.94. The fraction of sp³-hybridized carbons (Fsp3) is 0.296. The van der Waals surface area contributed by atoms with Crippen LogP contribution in [0.4, 0.5) is 5.82 Å². The van der Waals surface area contributed by atoms with Crippen molar-refractivity contribution in [1.82, 2.24) is 14.4 Å². The Morgan fingerprint density at radius 2 is 1.97 bits per heavy atom. The van der Waals surface area contributed by atoms with Crippen molar-refractivity contribution in [1.29, 1.82) is 0 Å². The number of allylic oxidation sites excluding steroid dienone is 1. The van der Waals surface area contributed by atoms with Crippen LogP contribution in [-0.2, 0) is 11.3 Å². The van der Waals surface area contributed by atoms with E-state index in [0.717, 1.165) is 63.8 Å². The molecule has 36 heavy (non-hydrogen) atoms. The van der Waals surface area contributed by atoms with Gasteiger partial charge in [-0.25, -0.2) is 14.8 Å². The van der Waals surface area contributed by atoms with Crippen molar-refractivity contribution in [3.05, 3.63) is 65.6 Å². The van der Waals surface area contributed by atoms with Gasteiger partial charge < -0.3 is 19.5 Å². The zero-order valence-electron chi connectivity index (χ0n) is 20.6. The van der Waals surface area contributed by atoms with Crippen LogP contribution in [0.1, 0.15) is 40.7 Å². The maximum Gasteiger partial charge on any atom is 0.338 e. The molecule has 4 rings (SSSR count). The molecule has 0 spiro atoms. The number of ether oxygens (including phenoxy) is 3. The topological polar surface area (TPSA) is 87.0 Å². The first-order valence-corrected chi connectivity index (χ1v) is 12.8. The molecule has 0 atom stereocenters. The summed E-state index contributed by atoms with van der Waals surface area (Å²) in [6, 6.07) is 9.44. The van der Waals surface area contributed by atoms with Gasteiger partial charge in [0.05, 0.1) is 50.5 Å². The number of imidazole rings is 1. The highest BCUT2D eigenvalue weighted by Gasteiger charge is 2.16. The largest absolute Gasteiger partial charge is 0.497 e. The molecule has 0 unspecified atom stereocenters. The first-order chi connectivity index (χ1) is 17.6. The Labute approximate surface area is 218 Å². The fourth-order valence-electron chi connectivity index (χ4n) is 4.01. The molecule has 8 nitrogen and oxygen atoms in total. The monoisotopic (exact) mass is 552 g/mol. The van der Waals surface area contributed by atoms with E-state index < -0.39 is 0 Å². The van der Waals surface area contributed by atoms with Crippen molar-refractivity contribution in [3.8, 4) is 11.5 Å². The smallest absolute Gasteiger partial charge is 0.338 e. The van der Waals surface area contributed by atoms with Crippen molar-refractivity contribution in [2.75, 3.05) is 32.0 Å². The number of esters is 1. The van der Waals surface area contributed by atoms with Gasteiger partial charge in [0, 0.05) is 23.5 Å². The Kier molecular flexibility index (Phi) is 8.43. The van der Waals surface area contributed by atoms with E-state index in [1.807, 2.05) is 40.8 Å². The number of hydrogen-bond donors (Lipinski definition) is 1. The minimum atomic E-state index is -0.390. The Morgan fingerprint density at radius 3 is 2.72 bits per heavy atom. The molecule has 2 aromatic heterocycles. The van der Waals surface area contributed by atoms with E-state index in [4.69, 9.17) is 19.2 Å². The third kappa shape index (κ3) is 5.46. The highest BCUT2D eigenvalue weighted by Crippen LogP contribution is 2.28. The molecule has 188 valence electrons. The number of alkyl halides is 1. The van der Waals surface area contributed by atoms with Crippen LogP contribution in [0.15, 0.2) is 48.9 Å². The molecular weight excluding hydrogens is 524 g/mol. The van der Waals surface area contributed by atoms with Crippen molar-refractivity contribution < 1.29 is 19.0 Å². The molecular formula is C27H29BrN4O4.